The number of piperazine rings is 1. The largest absolute Gasteiger partial charge is 0.340 e. The Bertz CT molecular complexity index is 849. The Hall–Kier alpha value is -2.41. The van der Waals surface area contributed by atoms with Crippen molar-refractivity contribution in [2.24, 2.45) is 5.92 Å². The van der Waals surface area contributed by atoms with Crippen LogP contribution in [0.4, 0.5) is 5.69 Å². The smallest absolute Gasteiger partial charge is 0.236 e. The number of piperidine rings is 1. The summed E-state index contributed by atoms with van der Waals surface area (Å²) in [6.45, 7) is 8.65. The van der Waals surface area contributed by atoms with E-state index in [1.165, 1.54) is 6.42 Å². The van der Waals surface area contributed by atoms with E-state index in [1.54, 1.807) is 4.90 Å². The standard InChI is InChI=1S/C25H36N4O3/c1-3-20-9-4-5-10-22(20)29-17-21(16-23(29)30)25(32)27-14-12-26(13-15-27)18-24(31)28-11-7-6-8-19(28)2/h4-5,9-10,19,21H,3,6-8,11-18H2,1-2H3. The van der Waals surface area contributed by atoms with Gasteiger partial charge in [-0.15, -0.1) is 0 Å². The molecular weight excluding hydrogens is 404 g/mol. The third-order valence-electron chi connectivity index (χ3n) is 7.30. The number of likely N-dealkylation sites (tertiary alicyclic amines) is 1. The van der Waals surface area contributed by atoms with Gasteiger partial charge < -0.3 is 14.7 Å². The molecule has 32 heavy (non-hydrogen) atoms. The van der Waals surface area contributed by atoms with Crippen molar-refractivity contribution in [2.75, 3.05) is 50.7 Å². The summed E-state index contributed by atoms with van der Waals surface area (Å²) in [5.74, 6) is 0.0352. The number of carbonyl (C=O) groups is 3. The minimum Gasteiger partial charge on any atom is -0.340 e. The molecule has 174 valence electrons. The fourth-order valence-electron chi connectivity index (χ4n) is 5.31. The Morgan fingerprint density at radius 2 is 1.78 bits per heavy atom. The summed E-state index contributed by atoms with van der Waals surface area (Å²) >= 11 is 0. The molecular formula is C25H36N4O3. The van der Waals surface area contributed by atoms with Gasteiger partial charge >= 0.3 is 0 Å². The molecule has 1 aromatic rings. The number of hydrogen-bond acceptors (Lipinski definition) is 4. The Morgan fingerprint density at radius 3 is 2.50 bits per heavy atom. The van der Waals surface area contributed by atoms with E-state index in [4.69, 9.17) is 0 Å². The first-order chi connectivity index (χ1) is 15.5. The maximum atomic E-state index is 13.1. The number of rotatable bonds is 5. The van der Waals surface area contributed by atoms with Gasteiger partial charge in [-0.1, -0.05) is 25.1 Å². The predicted octanol–water partition coefficient (Wildman–Crippen LogP) is 2.15. The van der Waals surface area contributed by atoms with E-state index in [2.05, 4.69) is 18.7 Å². The van der Waals surface area contributed by atoms with Gasteiger partial charge in [0.1, 0.15) is 0 Å². The second-order valence-corrected chi connectivity index (χ2v) is 9.42. The molecule has 3 amide bonds. The molecule has 7 nitrogen and oxygen atoms in total. The SMILES string of the molecule is CCc1ccccc1N1CC(C(=O)N2CCN(CC(=O)N3CCCCC3C)CC2)CC1=O. The highest BCUT2D eigenvalue weighted by Gasteiger charge is 2.38. The Labute approximate surface area is 191 Å². The van der Waals surface area contributed by atoms with Crippen LogP contribution in [0.2, 0.25) is 0 Å². The lowest BCUT2D eigenvalue weighted by Crippen LogP contribution is -2.54. The highest BCUT2D eigenvalue weighted by atomic mass is 16.2. The molecule has 0 N–H and O–H groups in total. The van der Waals surface area contributed by atoms with Crippen LogP contribution >= 0.6 is 0 Å². The lowest BCUT2D eigenvalue weighted by atomic mass is 10.0. The molecule has 0 radical (unpaired) electrons. The average Bonchev–Trinajstić information content (AvgIpc) is 3.20. The quantitative estimate of drug-likeness (QED) is 0.704. The number of amides is 3. The number of hydrogen-bond donors (Lipinski definition) is 0. The number of para-hydroxylation sites is 1. The first-order valence-electron chi connectivity index (χ1n) is 12.2. The van der Waals surface area contributed by atoms with Gasteiger partial charge in [-0.25, -0.2) is 0 Å². The highest BCUT2D eigenvalue weighted by molar-refractivity contribution is 6.00. The van der Waals surface area contributed by atoms with Crippen LogP contribution in [-0.2, 0) is 20.8 Å². The van der Waals surface area contributed by atoms with Crippen LogP contribution < -0.4 is 4.90 Å². The van der Waals surface area contributed by atoms with Crippen molar-refractivity contribution < 1.29 is 14.4 Å². The summed E-state index contributed by atoms with van der Waals surface area (Å²) in [6, 6.07) is 8.29. The zero-order chi connectivity index (χ0) is 22.7. The normalized spacial score (nSPS) is 24.8. The monoisotopic (exact) mass is 440 g/mol. The van der Waals surface area contributed by atoms with Gasteiger partial charge in [-0.05, 0) is 44.2 Å². The zero-order valence-corrected chi connectivity index (χ0v) is 19.5. The molecule has 0 aromatic heterocycles. The van der Waals surface area contributed by atoms with Gasteiger partial charge in [0.2, 0.25) is 17.7 Å². The van der Waals surface area contributed by atoms with Gasteiger partial charge in [0, 0.05) is 57.4 Å². The molecule has 3 heterocycles. The molecule has 0 bridgehead atoms. The van der Waals surface area contributed by atoms with Gasteiger partial charge in [-0.3, -0.25) is 19.3 Å². The van der Waals surface area contributed by atoms with Crippen LogP contribution in [0.1, 0.15) is 45.1 Å². The van der Waals surface area contributed by atoms with Crippen LogP contribution in [0.3, 0.4) is 0 Å². The third kappa shape index (κ3) is 4.82. The first kappa shape index (κ1) is 22.8. The second-order valence-electron chi connectivity index (χ2n) is 9.42. The predicted molar refractivity (Wildman–Crippen MR) is 124 cm³/mol. The van der Waals surface area contributed by atoms with Crippen molar-refractivity contribution >= 4 is 23.4 Å². The van der Waals surface area contributed by atoms with E-state index < -0.39 is 0 Å². The van der Waals surface area contributed by atoms with Crippen LogP contribution in [0.15, 0.2) is 24.3 Å². The van der Waals surface area contributed by atoms with Gasteiger partial charge in [0.25, 0.3) is 0 Å². The van der Waals surface area contributed by atoms with E-state index in [0.717, 1.165) is 37.1 Å². The van der Waals surface area contributed by atoms with Gasteiger partial charge in [0.05, 0.1) is 12.5 Å². The fraction of sp³-hybridized carbons (Fsp3) is 0.640. The summed E-state index contributed by atoms with van der Waals surface area (Å²) in [5.41, 5.74) is 2.07. The minimum absolute atomic E-state index is 0.0316. The summed E-state index contributed by atoms with van der Waals surface area (Å²) in [6.07, 6.45) is 4.53. The molecule has 0 saturated carbocycles. The van der Waals surface area contributed by atoms with Crippen LogP contribution in [0, 0.1) is 5.92 Å². The maximum Gasteiger partial charge on any atom is 0.236 e. The number of benzene rings is 1. The fourth-order valence-corrected chi connectivity index (χ4v) is 5.31. The molecule has 2 unspecified atom stereocenters. The molecule has 2 atom stereocenters. The van der Waals surface area contributed by atoms with Crippen molar-refractivity contribution in [2.45, 2.75) is 52.0 Å². The molecule has 4 rings (SSSR count). The van der Waals surface area contributed by atoms with Gasteiger partial charge in [0.15, 0.2) is 0 Å². The maximum absolute atomic E-state index is 13.1. The Kier molecular flexibility index (Phi) is 7.13. The number of carbonyl (C=O) groups excluding carboxylic acids is 3. The molecule has 3 fully saturated rings. The summed E-state index contributed by atoms with van der Waals surface area (Å²) in [5, 5.41) is 0. The van der Waals surface area contributed by atoms with E-state index >= 15 is 0 Å². The van der Waals surface area contributed by atoms with E-state index in [-0.39, 0.29) is 30.1 Å². The number of anilines is 1. The molecule has 0 aliphatic carbocycles. The molecule has 3 saturated heterocycles. The Balaban J connectivity index is 1.29. The van der Waals surface area contributed by atoms with Crippen molar-refractivity contribution in [3.8, 4) is 0 Å². The highest BCUT2D eigenvalue weighted by Crippen LogP contribution is 2.29. The number of nitrogens with zero attached hydrogens (tertiary/aromatic N) is 4. The zero-order valence-electron chi connectivity index (χ0n) is 19.5. The van der Waals surface area contributed by atoms with E-state index in [9.17, 15) is 14.4 Å². The van der Waals surface area contributed by atoms with Crippen LogP contribution in [0.5, 0.6) is 0 Å². The van der Waals surface area contributed by atoms with Crippen LogP contribution in [-0.4, -0.2) is 84.3 Å². The third-order valence-corrected chi connectivity index (χ3v) is 7.30. The van der Waals surface area contributed by atoms with Crippen LogP contribution in [0.25, 0.3) is 0 Å². The molecule has 7 heteroatoms. The summed E-state index contributed by atoms with van der Waals surface area (Å²) in [4.78, 5) is 46.4. The van der Waals surface area contributed by atoms with Gasteiger partial charge in [-0.2, -0.15) is 0 Å². The molecule has 0 spiro atoms. The molecule has 3 aliphatic rings. The van der Waals surface area contributed by atoms with E-state index in [1.807, 2.05) is 34.1 Å². The topological polar surface area (TPSA) is 64.2 Å². The first-order valence-corrected chi connectivity index (χ1v) is 12.2. The molecule has 3 aliphatic heterocycles. The van der Waals surface area contributed by atoms with Crippen molar-refractivity contribution in [1.82, 2.24) is 14.7 Å². The van der Waals surface area contributed by atoms with Crippen molar-refractivity contribution in [3.05, 3.63) is 29.8 Å². The van der Waals surface area contributed by atoms with Crippen molar-refractivity contribution in [3.63, 3.8) is 0 Å². The lowest BCUT2D eigenvalue weighted by Gasteiger charge is -2.38. The minimum atomic E-state index is -0.283. The summed E-state index contributed by atoms with van der Waals surface area (Å²) in [7, 11) is 0. The second kappa shape index (κ2) is 10.0. The lowest BCUT2D eigenvalue weighted by molar-refractivity contribution is -0.139. The van der Waals surface area contributed by atoms with Crippen molar-refractivity contribution in [1.29, 1.82) is 0 Å². The number of aryl methyl sites for hydroxylation is 1. The Morgan fingerprint density at radius 1 is 1.03 bits per heavy atom. The molecule has 1 aromatic carbocycles. The summed E-state index contributed by atoms with van der Waals surface area (Å²) < 4.78 is 0. The average molecular weight is 441 g/mol. The van der Waals surface area contributed by atoms with E-state index in [0.29, 0.717) is 45.3 Å².